The molecule has 0 fully saturated rings. The molecular formula is C28H25NO6. The van der Waals surface area contributed by atoms with E-state index in [-0.39, 0.29) is 5.57 Å². The maximum Gasteiger partial charge on any atom is 0.294 e. The highest BCUT2D eigenvalue weighted by Crippen LogP contribution is 2.43. The topological polar surface area (TPSA) is 85.3 Å². The van der Waals surface area contributed by atoms with Gasteiger partial charge in [-0.15, -0.1) is 0 Å². The third-order valence-corrected chi connectivity index (χ3v) is 5.77. The summed E-state index contributed by atoms with van der Waals surface area (Å²) in [5, 5.41) is 10.9. The lowest BCUT2D eigenvalue weighted by molar-refractivity contribution is -0.117. The van der Waals surface area contributed by atoms with Crippen LogP contribution < -0.4 is 19.1 Å². The molecule has 0 aliphatic carbocycles. The standard InChI is InChI=1S/C28H25NO6/c1-33-21-13-11-20(12-14-21)29-26(19-10-16-23(34-2)24(17-19)35-3)25(27(31)28(29)32)22(30)15-9-18-7-5-4-6-8-18/h4-17,26,31H,1-3H3/b15-9+/t26-/m1/s1. The van der Waals surface area contributed by atoms with Gasteiger partial charge in [-0.3, -0.25) is 14.5 Å². The molecule has 3 aromatic carbocycles. The van der Waals surface area contributed by atoms with Crippen molar-refractivity contribution in [2.45, 2.75) is 6.04 Å². The number of anilines is 1. The van der Waals surface area contributed by atoms with E-state index in [9.17, 15) is 14.7 Å². The molecule has 0 radical (unpaired) electrons. The molecule has 7 nitrogen and oxygen atoms in total. The Morgan fingerprint density at radius 1 is 0.886 bits per heavy atom. The van der Waals surface area contributed by atoms with Gasteiger partial charge in [-0.25, -0.2) is 0 Å². The van der Waals surface area contributed by atoms with Gasteiger partial charge in [-0.2, -0.15) is 0 Å². The number of amides is 1. The first-order valence-corrected chi connectivity index (χ1v) is 10.9. The first kappa shape index (κ1) is 23.6. The van der Waals surface area contributed by atoms with Crippen LogP contribution in [0.5, 0.6) is 17.2 Å². The van der Waals surface area contributed by atoms with E-state index >= 15 is 0 Å². The largest absolute Gasteiger partial charge is 0.503 e. The van der Waals surface area contributed by atoms with E-state index in [0.29, 0.717) is 28.5 Å². The molecule has 1 aliphatic rings. The van der Waals surface area contributed by atoms with Gasteiger partial charge in [0.15, 0.2) is 23.0 Å². The summed E-state index contributed by atoms with van der Waals surface area (Å²) in [4.78, 5) is 28.0. The Balaban J connectivity index is 1.82. The molecule has 0 saturated carbocycles. The van der Waals surface area contributed by atoms with Gasteiger partial charge in [0.05, 0.1) is 32.9 Å². The Morgan fingerprint density at radius 3 is 2.20 bits per heavy atom. The number of hydrogen-bond acceptors (Lipinski definition) is 6. The predicted octanol–water partition coefficient (Wildman–Crippen LogP) is 4.89. The molecule has 0 unspecified atom stereocenters. The molecule has 1 N–H and O–H groups in total. The Bertz CT molecular complexity index is 1290. The molecule has 0 saturated heterocycles. The van der Waals surface area contributed by atoms with E-state index in [4.69, 9.17) is 14.2 Å². The van der Waals surface area contributed by atoms with Crippen LogP contribution in [0.25, 0.3) is 6.08 Å². The summed E-state index contributed by atoms with van der Waals surface area (Å²) in [5.41, 5.74) is 1.87. The van der Waals surface area contributed by atoms with Crippen LogP contribution in [0.3, 0.4) is 0 Å². The van der Waals surface area contributed by atoms with Gasteiger partial charge >= 0.3 is 0 Å². The fourth-order valence-corrected chi connectivity index (χ4v) is 4.03. The first-order valence-electron chi connectivity index (χ1n) is 10.9. The number of rotatable bonds is 8. The second-order valence-corrected chi connectivity index (χ2v) is 7.76. The summed E-state index contributed by atoms with van der Waals surface area (Å²) in [6, 6.07) is 20.4. The molecule has 178 valence electrons. The fraction of sp³-hybridized carbons (Fsp3) is 0.143. The van der Waals surface area contributed by atoms with Crippen LogP contribution in [-0.4, -0.2) is 38.1 Å². The van der Waals surface area contributed by atoms with Crippen molar-refractivity contribution in [1.29, 1.82) is 0 Å². The predicted molar refractivity (Wildman–Crippen MR) is 133 cm³/mol. The van der Waals surface area contributed by atoms with E-state index in [1.807, 2.05) is 30.3 Å². The maximum absolute atomic E-state index is 13.4. The molecule has 4 rings (SSSR count). The zero-order valence-electron chi connectivity index (χ0n) is 19.6. The molecule has 0 bridgehead atoms. The van der Waals surface area contributed by atoms with Crippen LogP contribution in [0.2, 0.25) is 0 Å². The number of aliphatic hydroxyl groups excluding tert-OH is 1. The van der Waals surface area contributed by atoms with E-state index in [0.717, 1.165) is 5.56 Å². The van der Waals surface area contributed by atoms with Gasteiger partial charge < -0.3 is 19.3 Å². The number of methoxy groups -OCH3 is 3. The second kappa shape index (κ2) is 10.2. The number of ether oxygens (including phenoxy) is 3. The summed E-state index contributed by atoms with van der Waals surface area (Å²) in [6.07, 6.45) is 3.01. The Hall–Kier alpha value is -4.52. The highest BCUT2D eigenvalue weighted by atomic mass is 16.5. The molecule has 0 spiro atoms. The number of hydrogen-bond donors (Lipinski definition) is 1. The number of carbonyl (C=O) groups is 2. The number of carbonyl (C=O) groups excluding carboxylic acids is 2. The van der Waals surface area contributed by atoms with Gasteiger partial charge in [0.2, 0.25) is 0 Å². The number of allylic oxidation sites excluding steroid dienone is 1. The van der Waals surface area contributed by atoms with Crippen molar-refractivity contribution in [1.82, 2.24) is 0 Å². The minimum Gasteiger partial charge on any atom is -0.503 e. The van der Waals surface area contributed by atoms with Crippen LogP contribution in [0.1, 0.15) is 17.2 Å². The molecule has 1 atom stereocenters. The average Bonchev–Trinajstić information content (AvgIpc) is 3.17. The minimum atomic E-state index is -0.886. The maximum atomic E-state index is 13.4. The molecule has 0 aromatic heterocycles. The van der Waals surface area contributed by atoms with Crippen LogP contribution in [0.15, 0.2) is 90.2 Å². The van der Waals surface area contributed by atoms with Crippen molar-refractivity contribution in [2.75, 3.05) is 26.2 Å². The third-order valence-electron chi connectivity index (χ3n) is 5.77. The molecule has 1 amide bonds. The molecule has 1 heterocycles. The van der Waals surface area contributed by atoms with Crippen molar-refractivity contribution in [3.63, 3.8) is 0 Å². The fourth-order valence-electron chi connectivity index (χ4n) is 4.03. The summed E-state index contributed by atoms with van der Waals surface area (Å²) in [6.45, 7) is 0. The van der Waals surface area contributed by atoms with Gasteiger partial charge in [0.25, 0.3) is 5.91 Å². The van der Waals surface area contributed by atoms with Crippen LogP contribution >= 0.6 is 0 Å². The van der Waals surface area contributed by atoms with Gasteiger partial charge in [0, 0.05) is 5.69 Å². The van der Waals surface area contributed by atoms with Gasteiger partial charge in [0.1, 0.15) is 5.75 Å². The Morgan fingerprint density at radius 2 is 1.57 bits per heavy atom. The lowest BCUT2D eigenvalue weighted by Gasteiger charge is -2.27. The van der Waals surface area contributed by atoms with E-state index in [2.05, 4.69) is 0 Å². The second-order valence-electron chi connectivity index (χ2n) is 7.76. The summed E-state index contributed by atoms with van der Waals surface area (Å²) in [7, 11) is 4.58. The number of nitrogens with zero attached hydrogens (tertiary/aromatic N) is 1. The summed E-state index contributed by atoms with van der Waals surface area (Å²) >= 11 is 0. The number of ketones is 1. The summed E-state index contributed by atoms with van der Waals surface area (Å²) in [5.74, 6) is -0.195. The van der Waals surface area contributed by atoms with E-state index < -0.39 is 23.5 Å². The van der Waals surface area contributed by atoms with Crippen LogP contribution in [0, 0.1) is 0 Å². The number of aliphatic hydroxyl groups is 1. The quantitative estimate of drug-likeness (QED) is 0.471. The van der Waals surface area contributed by atoms with Crippen molar-refractivity contribution >= 4 is 23.5 Å². The monoisotopic (exact) mass is 471 g/mol. The molecule has 3 aromatic rings. The van der Waals surface area contributed by atoms with Crippen molar-refractivity contribution < 1.29 is 28.9 Å². The Labute approximate surface area is 203 Å². The molecule has 1 aliphatic heterocycles. The lowest BCUT2D eigenvalue weighted by atomic mass is 9.95. The SMILES string of the molecule is COc1ccc(N2C(=O)C(O)=C(C(=O)/C=C/c3ccccc3)[C@H]2c2ccc(OC)c(OC)c2)cc1. The van der Waals surface area contributed by atoms with Gasteiger partial charge in [-0.1, -0.05) is 42.5 Å². The zero-order chi connectivity index (χ0) is 24.9. The highest BCUT2D eigenvalue weighted by Gasteiger charge is 2.44. The smallest absolute Gasteiger partial charge is 0.294 e. The van der Waals surface area contributed by atoms with Crippen molar-refractivity contribution in [3.05, 3.63) is 101 Å². The van der Waals surface area contributed by atoms with E-state index in [1.165, 1.54) is 25.2 Å². The lowest BCUT2D eigenvalue weighted by Crippen LogP contribution is -2.30. The minimum absolute atomic E-state index is 0.0229. The molecule has 35 heavy (non-hydrogen) atoms. The summed E-state index contributed by atoms with van der Waals surface area (Å²) < 4.78 is 16.0. The average molecular weight is 472 g/mol. The van der Waals surface area contributed by atoms with E-state index in [1.54, 1.807) is 55.7 Å². The van der Waals surface area contributed by atoms with Crippen LogP contribution in [0.4, 0.5) is 5.69 Å². The highest BCUT2D eigenvalue weighted by molar-refractivity contribution is 6.19. The Kier molecular flexibility index (Phi) is 6.87. The van der Waals surface area contributed by atoms with Crippen LogP contribution in [-0.2, 0) is 9.59 Å². The molecule has 7 heteroatoms. The third kappa shape index (κ3) is 4.61. The van der Waals surface area contributed by atoms with Gasteiger partial charge in [-0.05, 0) is 53.6 Å². The first-order chi connectivity index (χ1) is 17.0. The van der Waals surface area contributed by atoms with Crippen molar-refractivity contribution in [3.8, 4) is 17.2 Å². The normalized spacial score (nSPS) is 15.6. The zero-order valence-corrected chi connectivity index (χ0v) is 19.6. The number of benzene rings is 3. The molecular weight excluding hydrogens is 446 g/mol. The van der Waals surface area contributed by atoms with Crippen molar-refractivity contribution in [2.24, 2.45) is 0 Å².